The van der Waals surface area contributed by atoms with Crippen molar-refractivity contribution < 1.29 is 33.5 Å². The van der Waals surface area contributed by atoms with Gasteiger partial charge in [0.2, 0.25) is 11.8 Å². The van der Waals surface area contributed by atoms with E-state index < -0.39 is 24.3 Å². The van der Waals surface area contributed by atoms with E-state index in [1.165, 1.54) is 42.1 Å². The highest BCUT2D eigenvalue weighted by atomic mass is 16.8. The molecule has 0 aromatic heterocycles. The molecule has 1 aromatic rings. The molecule has 3 rings (SSSR count). The summed E-state index contributed by atoms with van der Waals surface area (Å²) in [6, 6.07) is 8.50. The number of amides is 4. The van der Waals surface area contributed by atoms with Crippen LogP contribution in [0.4, 0.5) is 4.79 Å². The van der Waals surface area contributed by atoms with E-state index in [2.05, 4.69) is 24.6 Å². The Bertz CT molecular complexity index is 1120. The SMILES string of the molecule is CC(C)CCC(=O)N([C@@H](CCCC1CCCCC1)C(=O)NO[C@@H]1CCCCO1)N(CC(C)C)C(=O)CCCNC(=O)OCc1ccccc1. The number of hydrogen-bond acceptors (Lipinski definition) is 7. The van der Waals surface area contributed by atoms with E-state index in [1.807, 2.05) is 44.2 Å². The van der Waals surface area contributed by atoms with Gasteiger partial charge < -0.3 is 14.8 Å². The third kappa shape index (κ3) is 15.5. The molecule has 1 saturated carbocycles. The van der Waals surface area contributed by atoms with E-state index in [4.69, 9.17) is 14.3 Å². The van der Waals surface area contributed by atoms with Crippen LogP contribution in [0.25, 0.3) is 0 Å². The monoisotopic (exact) mass is 686 g/mol. The topological polar surface area (TPSA) is 127 Å². The highest BCUT2D eigenvalue weighted by Crippen LogP contribution is 2.29. The number of ether oxygens (including phenoxy) is 2. The minimum absolute atomic E-state index is 0.0354. The third-order valence-electron chi connectivity index (χ3n) is 9.17. The largest absolute Gasteiger partial charge is 0.445 e. The summed E-state index contributed by atoms with van der Waals surface area (Å²) < 4.78 is 11.0. The molecule has 1 saturated heterocycles. The van der Waals surface area contributed by atoms with Gasteiger partial charge in [0.05, 0.1) is 0 Å². The second-order valence-electron chi connectivity index (χ2n) is 14.5. The van der Waals surface area contributed by atoms with Crippen LogP contribution in [-0.4, -0.2) is 65.9 Å². The predicted molar refractivity (Wildman–Crippen MR) is 188 cm³/mol. The number of hydrazine groups is 1. The van der Waals surface area contributed by atoms with Crippen LogP contribution in [0.3, 0.4) is 0 Å². The summed E-state index contributed by atoms with van der Waals surface area (Å²) in [7, 11) is 0. The Morgan fingerprint density at radius 3 is 2.27 bits per heavy atom. The van der Waals surface area contributed by atoms with Gasteiger partial charge in [-0.15, -0.1) is 0 Å². The molecule has 11 heteroatoms. The number of benzene rings is 1. The highest BCUT2D eigenvalue weighted by molar-refractivity contribution is 5.89. The van der Waals surface area contributed by atoms with Crippen molar-refractivity contribution >= 4 is 23.8 Å². The molecule has 1 heterocycles. The molecule has 2 atom stereocenters. The van der Waals surface area contributed by atoms with Crippen molar-refractivity contribution in [3.8, 4) is 0 Å². The van der Waals surface area contributed by atoms with Crippen molar-refractivity contribution in [1.29, 1.82) is 0 Å². The normalized spacial score (nSPS) is 17.4. The van der Waals surface area contributed by atoms with Crippen LogP contribution in [0, 0.1) is 17.8 Å². The second kappa shape index (κ2) is 22.5. The zero-order valence-electron chi connectivity index (χ0n) is 30.5. The summed E-state index contributed by atoms with van der Waals surface area (Å²) in [5.74, 6) is -0.0362. The molecule has 49 heavy (non-hydrogen) atoms. The van der Waals surface area contributed by atoms with Gasteiger partial charge in [0.1, 0.15) is 12.6 Å². The third-order valence-corrected chi connectivity index (χ3v) is 9.17. The van der Waals surface area contributed by atoms with Crippen LogP contribution in [0.1, 0.15) is 130 Å². The molecule has 0 spiro atoms. The molecule has 276 valence electrons. The minimum Gasteiger partial charge on any atom is -0.445 e. The van der Waals surface area contributed by atoms with Gasteiger partial charge in [0.25, 0.3) is 5.91 Å². The number of nitrogens with one attached hydrogen (secondary N) is 2. The van der Waals surface area contributed by atoms with Crippen LogP contribution in [-0.2, 0) is 35.3 Å². The molecule has 11 nitrogen and oxygen atoms in total. The summed E-state index contributed by atoms with van der Waals surface area (Å²) >= 11 is 0. The first-order chi connectivity index (χ1) is 23.6. The lowest BCUT2D eigenvalue weighted by Crippen LogP contribution is -2.60. The molecular weight excluding hydrogens is 624 g/mol. The van der Waals surface area contributed by atoms with Crippen molar-refractivity contribution in [3.05, 3.63) is 35.9 Å². The first-order valence-corrected chi connectivity index (χ1v) is 18.8. The number of rotatable bonds is 19. The zero-order chi connectivity index (χ0) is 35.4. The van der Waals surface area contributed by atoms with Crippen molar-refractivity contribution in [2.24, 2.45) is 17.8 Å². The average Bonchev–Trinajstić information content (AvgIpc) is 3.10. The fourth-order valence-electron chi connectivity index (χ4n) is 6.43. The quantitative estimate of drug-likeness (QED) is 0.118. The Labute approximate surface area is 294 Å². The van der Waals surface area contributed by atoms with Crippen molar-refractivity contribution in [1.82, 2.24) is 20.8 Å². The fraction of sp³-hybridized carbons (Fsp3) is 0.737. The van der Waals surface area contributed by atoms with Gasteiger partial charge >= 0.3 is 6.09 Å². The lowest BCUT2D eigenvalue weighted by Gasteiger charge is -2.41. The van der Waals surface area contributed by atoms with Crippen LogP contribution in [0.2, 0.25) is 0 Å². The van der Waals surface area contributed by atoms with Gasteiger partial charge in [0, 0.05) is 39.0 Å². The molecule has 2 fully saturated rings. The number of hydrogen-bond donors (Lipinski definition) is 2. The second-order valence-corrected chi connectivity index (χ2v) is 14.5. The van der Waals surface area contributed by atoms with Crippen LogP contribution >= 0.6 is 0 Å². The molecule has 4 amide bonds. The Kier molecular flexibility index (Phi) is 18.5. The number of nitrogens with zero attached hydrogens (tertiary/aromatic N) is 2. The molecule has 2 aliphatic rings. The predicted octanol–water partition coefficient (Wildman–Crippen LogP) is 7.05. The maximum atomic E-state index is 14.1. The molecule has 2 N–H and O–H groups in total. The first kappa shape index (κ1) is 40.3. The number of carbonyl (C=O) groups excluding carboxylic acids is 4. The van der Waals surface area contributed by atoms with E-state index >= 15 is 0 Å². The van der Waals surface area contributed by atoms with E-state index in [0.29, 0.717) is 38.2 Å². The number of alkyl carbamates (subject to hydrolysis) is 1. The zero-order valence-corrected chi connectivity index (χ0v) is 30.5. The van der Waals surface area contributed by atoms with Crippen LogP contribution in [0.15, 0.2) is 30.3 Å². The van der Waals surface area contributed by atoms with Crippen LogP contribution < -0.4 is 10.8 Å². The maximum Gasteiger partial charge on any atom is 0.407 e. The van der Waals surface area contributed by atoms with E-state index in [0.717, 1.165) is 31.2 Å². The van der Waals surface area contributed by atoms with Gasteiger partial charge in [-0.3, -0.25) is 19.4 Å². The molecule has 0 unspecified atom stereocenters. The van der Waals surface area contributed by atoms with Crippen molar-refractivity contribution in [3.63, 3.8) is 0 Å². The Morgan fingerprint density at radius 1 is 0.857 bits per heavy atom. The minimum atomic E-state index is -0.916. The van der Waals surface area contributed by atoms with Gasteiger partial charge in [-0.25, -0.2) is 20.1 Å². The fourth-order valence-corrected chi connectivity index (χ4v) is 6.43. The smallest absolute Gasteiger partial charge is 0.407 e. The van der Waals surface area contributed by atoms with E-state index in [9.17, 15) is 19.2 Å². The Hall–Kier alpha value is -3.18. The summed E-state index contributed by atoms with van der Waals surface area (Å²) in [4.78, 5) is 60.0. The highest BCUT2D eigenvalue weighted by Gasteiger charge is 2.37. The summed E-state index contributed by atoms with van der Waals surface area (Å²) in [6.07, 6.45) is 11.1. The van der Waals surface area contributed by atoms with Gasteiger partial charge in [-0.2, -0.15) is 0 Å². The van der Waals surface area contributed by atoms with E-state index in [-0.39, 0.29) is 56.2 Å². The summed E-state index contributed by atoms with van der Waals surface area (Å²) in [6.45, 7) is 9.32. The lowest BCUT2D eigenvalue weighted by molar-refractivity contribution is -0.206. The molecule has 1 aromatic carbocycles. The molecule has 0 radical (unpaired) electrons. The Balaban J connectivity index is 1.74. The number of carbonyl (C=O) groups is 4. The van der Waals surface area contributed by atoms with Gasteiger partial charge in [0.15, 0.2) is 6.29 Å². The van der Waals surface area contributed by atoms with Gasteiger partial charge in [-0.05, 0) is 55.4 Å². The van der Waals surface area contributed by atoms with Gasteiger partial charge in [-0.1, -0.05) is 103 Å². The standard InChI is InChI=1S/C38H62N4O7/c1-29(2)23-24-35(44)42(33(20-13-19-31-15-7-5-8-16-31)37(45)40-49-36-22-11-12-26-47-36)41(27-30(3)4)34(43)21-14-25-39-38(46)48-28-32-17-9-6-10-18-32/h6,9-10,17-18,29-31,33,36H,5,7-8,11-16,19-28H2,1-4H3,(H,39,46)(H,40,45)/t33-,36+/m0/s1. The van der Waals surface area contributed by atoms with E-state index in [1.54, 1.807) is 0 Å². The maximum absolute atomic E-state index is 14.1. The Morgan fingerprint density at radius 2 is 1.59 bits per heavy atom. The number of hydroxylamine groups is 1. The lowest BCUT2D eigenvalue weighted by atomic mass is 9.85. The summed E-state index contributed by atoms with van der Waals surface area (Å²) in [5, 5.41) is 5.64. The van der Waals surface area contributed by atoms with Crippen molar-refractivity contribution in [2.75, 3.05) is 19.7 Å². The first-order valence-electron chi connectivity index (χ1n) is 18.8. The molecular formula is C38H62N4O7. The molecule has 0 bridgehead atoms. The molecule has 1 aliphatic carbocycles. The molecule has 1 aliphatic heterocycles. The summed E-state index contributed by atoms with van der Waals surface area (Å²) in [5.41, 5.74) is 3.50. The van der Waals surface area contributed by atoms with Crippen molar-refractivity contribution in [2.45, 2.75) is 143 Å². The average molecular weight is 687 g/mol. The van der Waals surface area contributed by atoms with Crippen LogP contribution in [0.5, 0.6) is 0 Å².